The molecule has 0 radical (unpaired) electrons. The highest BCUT2D eigenvalue weighted by Gasteiger charge is 2.54. The summed E-state index contributed by atoms with van der Waals surface area (Å²) in [6, 6.07) is 1.89. The van der Waals surface area contributed by atoms with Gasteiger partial charge in [-0.1, -0.05) is 12.8 Å². The van der Waals surface area contributed by atoms with Crippen molar-refractivity contribution in [3.8, 4) is 0 Å². The molecule has 3 heterocycles. The second-order valence-electron chi connectivity index (χ2n) is 8.56. The van der Waals surface area contributed by atoms with Crippen LogP contribution in [0.4, 0.5) is 0 Å². The highest BCUT2D eigenvalue weighted by molar-refractivity contribution is 5.93. The molecule has 6 heteroatoms. The van der Waals surface area contributed by atoms with Crippen molar-refractivity contribution in [1.82, 2.24) is 14.7 Å². The predicted molar refractivity (Wildman–Crippen MR) is 103 cm³/mol. The summed E-state index contributed by atoms with van der Waals surface area (Å²) in [7, 11) is 0. The van der Waals surface area contributed by atoms with Crippen molar-refractivity contribution in [2.24, 2.45) is 11.8 Å². The second kappa shape index (κ2) is 7.92. The number of likely N-dealkylation sites (tertiary alicyclic amines) is 1. The van der Waals surface area contributed by atoms with Gasteiger partial charge in [0.2, 0.25) is 0 Å². The largest absolute Gasteiger partial charge is 0.381 e. The van der Waals surface area contributed by atoms with E-state index in [1.54, 1.807) is 4.68 Å². The summed E-state index contributed by atoms with van der Waals surface area (Å²) in [6.45, 7) is 8.62. The molecule has 150 valence electrons. The van der Waals surface area contributed by atoms with Crippen LogP contribution in [-0.4, -0.2) is 59.1 Å². The summed E-state index contributed by atoms with van der Waals surface area (Å²) in [6.07, 6.45) is 7.53. The maximum absolute atomic E-state index is 12.9. The van der Waals surface area contributed by atoms with Gasteiger partial charge in [0, 0.05) is 26.4 Å². The minimum atomic E-state index is -0.140. The van der Waals surface area contributed by atoms with E-state index in [1.165, 1.54) is 25.7 Å². The van der Waals surface area contributed by atoms with E-state index in [0.29, 0.717) is 31.2 Å². The molecule has 3 aliphatic rings. The van der Waals surface area contributed by atoms with E-state index < -0.39 is 0 Å². The first kappa shape index (κ1) is 18.9. The fourth-order valence-electron chi connectivity index (χ4n) is 5.06. The zero-order chi connectivity index (χ0) is 18.9. The Balaban J connectivity index is 1.27. The molecule has 1 atom stereocenters. The van der Waals surface area contributed by atoms with Gasteiger partial charge in [0.15, 0.2) is 0 Å². The Morgan fingerprint density at radius 1 is 1.33 bits per heavy atom. The molecule has 0 N–H and O–H groups in total. The Kier molecular flexibility index (Phi) is 5.55. The summed E-state index contributed by atoms with van der Waals surface area (Å²) in [4.78, 5) is 14.8. The maximum Gasteiger partial charge on any atom is 0.272 e. The van der Waals surface area contributed by atoms with Crippen LogP contribution in [0.3, 0.4) is 0 Å². The van der Waals surface area contributed by atoms with Crippen molar-refractivity contribution in [2.75, 3.05) is 32.9 Å². The van der Waals surface area contributed by atoms with Gasteiger partial charge in [0.05, 0.1) is 18.8 Å². The van der Waals surface area contributed by atoms with Crippen LogP contribution >= 0.6 is 0 Å². The summed E-state index contributed by atoms with van der Waals surface area (Å²) >= 11 is 0. The molecule has 1 spiro atoms. The Labute approximate surface area is 162 Å². The highest BCUT2D eigenvalue weighted by Crippen LogP contribution is 2.42. The third-order valence-electron chi connectivity index (χ3n) is 6.66. The van der Waals surface area contributed by atoms with Gasteiger partial charge in [-0.05, 0) is 57.4 Å². The molecule has 27 heavy (non-hydrogen) atoms. The van der Waals surface area contributed by atoms with E-state index >= 15 is 0 Å². The highest BCUT2D eigenvalue weighted by atomic mass is 16.5. The van der Waals surface area contributed by atoms with Gasteiger partial charge in [-0.2, -0.15) is 5.10 Å². The van der Waals surface area contributed by atoms with Crippen LogP contribution in [0.15, 0.2) is 6.07 Å². The average Bonchev–Trinajstić information content (AvgIpc) is 3.36. The molecule has 4 rings (SSSR count). The number of carbonyl (C=O) groups is 1. The lowest BCUT2D eigenvalue weighted by atomic mass is 9.79. The van der Waals surface area contributed by atoms with Crippen LogP contribution in [0, 0.1) is 18.8 Å². The molecule has 1 aliphatic carbocycles. The third kappa shape index (κ3) is 3.79. The topological polar surface area (TPSA) is 56.6 Å². The van der Waals surface area contributed by atoms with E-state index in [0.717, 1.165) is 44.3 Å². The molecule has 2 saturated heterocycles. The monoisotopic (exact) mass is 375 g/mol. The van der Waals surface area contributed by atoms with Gasteiger partial charge in [-0.15, -0.1) is 0 Å². The SMILES string of the molecule is CCn1nc(C)cc1C(=O)N1CC2(C1)OCC[C@H]2CCOCC1CCCC1. The summed E-state index contributed by atoms with van der Waals surface area (Å²) in [5.74, 6) is 1.36. The zero-order valence-electron chi connectivity index (χ0n) is 16.8. The molecule has 0 bridgehead atoms. The minimum Gasteiger partial charge on any atom is -0.381 e. The summed E-state index contributed by atoms with van der Waals surface area (Å²) in [5, 5.41) is 4.40. The van der Waals surface area contributed by atoms with Crippen molar-refractivity contribution >= 4 is 5.91 Å². The first-order valence-electron chi connectivity index (χ1n) is 10.7. The van der Waals surface area contributed by atoms with Crippen LogP contribution in [0.2, 0.25) is 0 Å². The molecule has 3 fully saturated rings. The van der Waals surface area contributed by atoms with Gasteiger partial charge in [-0.25, -0.2) is 0 Å². The van der Waals surface area contributed by atoms with Crippen LogP contribution in [0.25, 0.3) is 0 Å². The quantitative estimate of drug-likeness (QED) is 0.688. The Morgan fingerprint density at radius 2 is 2.11 bits per heavy atom. The Hall–Kier alpha value is -1.40. The third-order valence-corrected chi connectivity index (χ3v) is 6.66. The lowest BCUT2D eigenvalue weighted by Gasteiger charge is -2.50. The smallest absolute Gasteiger partial charge is 0.272 e. The number of hydrogen-bond donors (Lipinski definition) is 0. The molecule has 1 amide bonds. The number of carbonyl (C=O) groups excluding carboxylic acids is 1. The number of aryl methyl sites for hydroxylation is 2. The lowest BCUT2D eigenvalue weighted by molar-refractivity contribution is -0.121. The van der Waals surface area contributed by atoms with Crippen molar-refractivity contribution in [1.29, 1.82) is 0 Å². The molecule has 1 aromatic rings. The fraction of sp³-hybridized carbons (Fsp3) is 0.810. The molecule has 0 unspecified atom stereocenters. The van der Waals surface area contributed by atoms with E-state index in [-0.39, 0.29) is 11.5 Å². The second-order valence-corrected chi connectivity index (χ2v) is 8.56. The van der Waals surface area contributed by atoms with Gasteiger partial charge in [0.25, 0.3) is 5.91 Å². The van der Waals surface area contributed by atoms with Gasteiger partial charge in [0.1, 0.15) is 11.3 Å². The zero-order valence-corrected chi connectivity index (χ0v) is 16.8. The van der Waals surface area contributed by atoms with E-state index in [2.05, 4.69) is 5.10 Å². The van der Waals surface area contributed by atoms with E-state index in [9.17, 15) is 4.79 Å². The molecular weight excluding hydrogens is 342 g/mol. The average molecular weight is 376 g/mol. The first-order valence-corrected chi connectivity index (χ1v) is 10.7. The van der Waals surface area contributed by atoms with Gasteiger partial charge in [-0.3, -0.25) is 9.48 Å². The molecule has 0 aromatic carbocycles. The van der Waals surface area contributed by atoms with Crippen LogP contribution in [0.1, 0.15) is 61.6 Å². The normalized spacial score (nSPS) is 24.7. The number of hydrogen-bond acceptors (Lipinski definition) is 4. The minimum absolute atomic E-state index is 0.0785. The number of nitrogens with zero attached hydrogens (tertiary/aromatic N) is 3. The predicted octanol–water partition coefficient (Wildman–Crippen LogP) is 3.04. The van der Waals surface area contributed by atoms with Crippen molar-refractivity contribution in [3.63, 3.8) is 0 Å². The molecule has 1 saturated carbocycles. The summed E-state index contributed by atoms with van der Waals surface area (Å²) in [5.41, 5.74) is 1.45. The maximum atomic E-state index is 12.9. The first-order chi connectivity index (χ1) is 13.1. The number of ether oxygens (including phenoxy) is 2. The van der Waals surface area contributed by atoms with Crippen LogP contribution in [-0.2, 0) is 16.0 Å². The molecular formula is C21H33N3O3. The standard InChI is InChI=1S/C21H33N3O3/c1-3-24-19(12-16(2)22-24)20(25)23-14-21(15-23)18(9-11-27-21)8-10-26-13-17-6-4-5-7-17/h12,17-18H,3-11,13-15H2,1-2H3/t18-/m1/s1. The number of rotatable bonds is 7. The van der Waals surface area contributed by atoms with E-state index in [4.69, 9.17) is 9.47 Å². The van der Waals surface area contributed by atoms with Crippen molar-refractivity contribution in [2.45, 2.75) is 64.5 Å². The van der Waals surface area contributed by atoms with Crippen molar-refractivity contribution < 1.29 is 14.3 Å². The van der Waals surface area contributed by atoms with Crippen LogP contribution < -0.4 is 0 Å². The van der Waals surface area contributed by atoms with Gasteiger partial charge >= 0.3 is 0 Å². The lowest BCUT2D eigenvalue weighted by Crippen LogP contribution is -2.66. The fourth-order valence-corrected chi connectivity index (χ4v) is 5.06. The Morgan fingerprint density at radius 3 is 2.85 bits per heavy atom. The number of amides is 1. The van der Waals surface area contributed by atoms with E-state index in [1.807, 2.05) is 24.8 Å². The molecule has 1 aromatic heterocycles. The summed E-state index contributed by atoms with van der Waals surface area (Å²) < 4.78 is 13.9. The van der Waals surface area contributed by atoms with Crippen LogP contribution in [0.5, 0.6) is 0 Å². The van der Waals surface area contributed by atoms with Gasteiger partial charge < -0.3 is 14.4 Å². The molecule has 2 aliphatic heterocycles. The molecule has 6 nitrogen and oxygen atoms in total. The van der Waals surface area contributed by atoms with Crippen molar-refractivity contribution in [3.05, 3.63) is 17.5 Å². The Bertz CT molecular complexity index is 660. The number of aromatic nitrogens is 2.